The molecule has 6 heteroatoms. The van der Waals surface area contributed by atoms with Crippen LogP contribution in [-0.2, 0) is 4.74 Å². The number of aliphatic hydroxyl groups is 3. The predicted octanol–water partition coefficient (Wildman–Crippen LogP) is -0.349. The second-order valence-electron chi connectivity index (χ2n) is 4.76. The highest BCUT2D eigenvalue weighted by molar-refractivity contribution is 5.75. The Bertz CT molecular complexity index is 677. The van der Waals surface area contributed by atoms with Crippen molar-refractivity contribution in [1.82, 2.24) is 9.55 Å². The van der Waals surface area contributed by atoms with Crippen LogP contribution in [0.3, 0.4) is 0 Å². The Hall–Kier alpha value is -1.91. The second-order valence-corrected chi connectivity index (χ2v) is 4.76. The Morgan fingerprint density at radius 2 is 2.20 bits per heavy atom. The first kappa shape index (κ1) is 13.1. The van der Waals surface area contributed by atoms with E-state index in [9.17, 15) is 15.3 Å². The second kappa shape index (κ2) is 4.58. The number of aliphatic hydroxyl groups excluding tert-OH is 2. The van der Waals surface area contributed by atoms with E-state index in [0.717, 1.165) is 11.0 Å². The molecule has 2 aromatic rings. The van der Waals surface area contributed by atoms with Gasteiger partial charge in [-0.15, -0.1) is 6.42 Å². The number of hydrogen-bond donors (Lipinski definition) is 3. The van der Waals surface area contributed by atoms with Gasteiger partial charge in [0.05, 0.1) is 24.0 Å². The molecule has 1 aliphatic rings. The van der Waals surface area contributed by atoms with Crippen LogP contribution in [0.25, 0.3) is 11.0 Å². The van der Waals surface area contributed by atoms with Crippen LogP contribution in [0, 0.1) is 12.3 Å². The number of imidazole rings is 1. The fourth-order valence-corrected chi connectivity index (χ4v) is 2.52. The summed E-state index contributed by atoms with van der Waals surface area (Å²) in [5, 5.41) is 29.7. The van der Waals surface area contributed by atoms with Gasteiger partial charge in [-0.05, 0) is 12.1 Å². The lowest BCUT2D eigenvalue weighted by molar-refractivity contribution is -0.0718. The van der Waals surface area contributed by atoms with Gasteiger partial charge in [-0.25, -0.2) is 4.98 Å². The number of terminal acetylenes is 1. The minimum atomic E-state index is -1.92. The van der Waals surface area contributed by atoms with E-state index in [0.29, 0.717) is 0 Å². The summed E-state index contributed by atoms with van der Waals surface area (Å²) in [5.74, 6) is 2.18. The van der Waals surface area contributed by atoms with Crippen LogP contribution >= 0.6 is 0 Å². The van der Waals surface area contributed by atoms with E-state index in [1.165, 1.54) is 6.33 Å². The van der Waals surface area contributed by atoms with Gasteiger partial charge in [-0.3, -0.25) is 4.57 Å². The zero-order valence-corrected chi connectivity index (χ0v) is 10.5. The first-order valence-electron chi connectivity index (χ1n) is 6.18. The molecule has 0 amide bonds. The number of ether oxygens (including phenoxy) is 1. The molecule has 1 aromatic heterocycles. The molecule has 0 saturated carbocycles. The van der Waals surface area contributed by atoms with Crippen molar-refractivity contribution in [3.8, 4) is 12.3 Å². The van der Waals surface area contributed by atoms with Crippen molar-refractivity contribution in [2.45, 2.75) is 24.0 Å². The number of aromatic nitrogens is 2. The van der Waals surface area contributed by atoms with Crippen molar-refractivity contribution in [2.75, 3.05) is 6.61 Å². The summed E-state index contributed by atoms with van der Waals surface area (Å²) < 4.78 is 7.08. The lowest BCUT2D eigenvalue weighted by Gasteiger charge is -2.26. The van der Waals surface area contributed by atoms with E-state index in [1.807, 2.05) is 18.2 Å². The third kappa shape index (κ3) is 1.65. The molecule has 1 aliphatic heterocycles. The molecule has 1 fully saturated rings. The average molecular weight is 274 g/mol. The third-order valence-electron chi connectivity index (χ3n) is 3.63. The van der Waals surface area contributed by atoms with Crippen LogP contribution in [0.5, 0.6) is 0 Å². The van der Waals surface area contributed by atoms with Gasteiger partial charge in [0.1, 0.15) is 12.2 Å². The van der Waals surface area contributed by atoms with Crippen LogP contribution in [0.1, 0.15) is 6.23 Å². The van der Waals surface area contributed by atoms with E-state index < -0.39 is 30.6 Å². The van der Waals surface area contributed by atoms with E-state index in [4.69, 9.17) is 11.2 Å². The lowest BCUT2D eigenvalue weighted by Crippen LogP contribution is -2.45. The van der Waals surface area contributed by atoms with Gasteiger partial charge < -0.3 is 20.1 Å². The molecule has 20 heavy (non-hydrogen) atoms. The molecular formula is C14H14N2O4. The zero-order chi connectivity index (χ0) is 14.3. The molecule has 0 radical (unpaired) electrons. The fraction of sp³-hybridized carbons (Fsp3) is 0.357. The summed E-state index contributed by atoms with van der Waals surface area (Å²) in [4.78, 5) is 4.20. The molecule has 1 aromatic carbocycles. The molecule has 3 rings (SSSR count). The average Bonchev–Trinajstić information content (AvgIpc) is 3.00. The fourth-order valence-electron chi connectivity index (χ4n) is 2.52. The van der Waals surface area contributed by atoms with E-state index in [1.54, 1.807) is 10.6 Å². The molecule has 0 aliphatic carbocycles. The highest BCUT2D eigenvalue weighted by Gasteiger charge is 2.55. The number of benzene rings is 1. The number of rotatable bonds is 2. The highest BCUT2D eigenvalue weighted by atomic mass is 16.6. The Labute approximate surface area is 115 Å². The monoisotopic (exact) mass is 274 g/mol. The quantitative estimate of drug-likeness (QED) is 0.652. The lowest BCUT2D eigenvalue weighted by atomic mass is 9.95. The highest BCUT2D eigenvalue weighted by Crippen LogP contribution is 2.39. The molecule has 0 spiro atoms. The van der Waals surface area contributed by atoms with Gasteiger partial charge in [-0.2, -0.15) is 0 Å². The summed E-state index contributed by atoms with van der Waals surface area (Å²) in [6.07, 6.45) is 3.53. The largest absolute Gasteiger partial charge is 0.394 e. The minimum Gasteiger partial charge on any atom is -0.394 e. The number of para-hydroxylation sites is 2. The van der Waals surface area contributed by atoms with Gasteiger partial charge in [0, 0.05) is 0 Å². The standard InChI is InChI=1S/C14H14N2O4/c1-2-14(19)12(18)11(7-17)20-13(14)16-8-15-9-5-3-4-6-10(9)16/h1,3-6,8,11-13,17-19H,7H2/t11-,12-,13?,14-/m1/s1. The van der Waals surface area contributed by atoms with Crippen molar-refractivity contribution in [1.29, 1.82) is 0 Å². The van der Waals surface area contributed by atoms with E-state index >= 15 is 0 Å². The summed E-state index contributed by atoms with van der Waals surface area (Å²) in [5.41, 5.74) is -0.481. The number of fused-ring (bicyclic) bond motifs is 1. The maximum absolute atomic E-state index is 10.5. The van der Waals surface area contributed by atoms with E-state index in [-0.39, 0.29) is 0 Å². The molecule has 104 valence electrons. The summed E-state index contributed by atoms with van der Waals surface area (Å²) in [6, 6.07) is 7.29. The maximum Gasteiger partial charge on any atom is 0.199 e. The molecule has 6 nitrogen and oxygen atoms in total. The number of hydrogen-bond acceptors (Lipinski definition) is 5. The van der Waals surface area contributed by atoms with Crippen molar-refractivity contribution < 1.29 is 20.1 Å². The molecule has 2 heterocycles. The smallest absolute Gasteiger partial charge is 0.199 e. The van der Waals surface area contributed by atoms with Gasteiger partial charge in [0.15, 0.2) is 11.8 Å². The SMILES string of the molecule is C#C[C@]1(O)C(n2cnc3ccccc32)O[C@H](CO)[C@H]1O. The maximum atomic E-state index is 10.5. The summed E-state index contributed by atoms with van der Waals surface area (Å²) in [6.45, 7) is -0.436. The van der Waals surface area contributed by atoms with Gasteiger partial charge >= 0.3 is 0 Å². The van der Waals surface area contributed by atoms with Gasteiger partial charge in [-0.1, -0.05) is 18.1 Å². The van der Waals surface area contributed by atoms with Crippen molar-refractivity contribution in [3.63, 3.8) is 0 Å². The minimum absolute atomic E-state index is 0.436. The number of nitrogens with zero attached hydrogens (tertiary/aromatic N) is 2. The summed E-state index contributed by atoms with van der Waals surface area (Å²) in [7, 11) is 0. The van der Waals surface area contributed by atoms with Gasteiger partial charge in [0.2, 0.25) is 0 Å². The molecule has 4 atom stereocenters. The third-order valence-corrected chi connectivity index (χ3v) is 3.63. The van der Waals surface area contributed by atoms with Gasteiger partial charge in [0.25, 0.3) is 0 Å². The van der Waals surface area contributed by atoms with Crippen LogP contribution in [0.15, 0.2) is 30.6 Å². The van der Waals surface area contributed by atoms with Crippen LogP contribution in [0.4, 0.5) is 0 Å². The topological polar surface area (TPSA) is 87.7 Å². The van der Waals surface area contributed by atoms with Crippen LogP contribution in [-0.4, -0.2) is 49.3 Å². The Kier molecular flexibility index (Phi) is 3.00. The molecular weight excluding hydrogens is 260 g/mol. The normalized spacial score (nSPS) is 33.4. The molecule has 1 saturated heterocycles. The zero-order valence-electron chi connectivity index (χ0n) is 10.5. The van der Waals surface area contributed by atoms with Crippen molar-refractivity contribution in [3.05, 3.63) is 30.6 Å². The first-order chi connectivity index (χ1) is 9.61. The Balaban J connectivity index is 2.11. The van der Waals surface area contributed by atoms with Crippen LogP contribution < -0.4 is 0 Å². The molecule has 1 unspecified atom stereocenters. The molecule has 3 N–H and O–H groups in total. The van der Waals surface area contributed by atoms with Crippen molar-refractivity contribution in [2.24, 2.45) is 0 Å². The predicted molar refractivity (Wildman–Crippen MR) is 70.5 cm³/mol. The first-order valence-corrected chi connectivity index (χ1v) is 6.18. The molecule has 0 bridgehead atoms. The Morgan fingerprint density at radius 3 is 2.90 bits per heavy atom. The Morgan fingerprint density at radius 1 is 1.45 bits per heavy atom. The van der Waals surface area contributed by atoms with Crippen LogP contribution in [0.2, 0.25) is 0 Å². The van der Waals surface area contributed by atoms with Crippen molar-refractivity contribution >= 4 is 11.0 Å². The van der Waals surface area contributed by atoms with E-state index in [2.05, 4.69) is 10.9 Å². The summed E-state index contributed by atoms with van der Waals surface area (Å²) >= 11 is 0.